The molecule has 1 unspecified atom stereocenters. The highest BCUT2D eigenvalue weighted by atomic mass is 19.4. The van der Waals surface area contributed by atoms with E-state index in [4.69, 9.17) is 9.84 Å². The van der Waals surface area contributed by atoms with Crippen LogP contribution in [0.15, 0.2) is 42.0 Å². The lowest BCUT2D eigenvalue weighted by Crippen LogP contribution is -2.39. The van der Waals surface area contributed by atoms with Gasteiger partial charge in [0.15, 0.2) is 0 Å². The molecule has 2 aromatic heterocycles. The first kappa shape index (κ1) is 22.1. The SMILES string of the molecule is C=Cc1cc2c3ccncc3c(=O)n(C)c2cc1OCC(CCC(F)(F)F)NC(=O)O. The van der Waals surface area contributed by atoms with Crippen molar-refractivity contribution in [2.75, 3.05) is 6.61 Å². The van der Waals surface area contributed by atoms with Crippen LogP contribution in [0.3, 0.4) is 0 Å². The predicted molar refractivity (Wildman–Crippen MR) is 110 cm³/mol. The number of pyridine rings is 2. The molecule has 0 aliphatic heterocycles. The molecular weight excluding hydrogens is 415 g/mol. The molecule has 1 amide bonds. The molecule has 0 aliphatic carbocycles. The smallest absolute Gasteiger partial charge is 0.404 e. The standard InChI is InChI=1S/C21H20F3N3O4/c1-3-12-8-15-14-5-7-25-10-16(14)19(28)27(2)17(15)9-18(12)31-11-13(26-20(29)30)4-6-21(22,23)24/h3,5,7-10,13,26H,1,4,6,11H2,2H3,(H,29,30). The van der Waals surface area contributed by atoms with Gasteiger partial charge in [-0.05, 0) is 23.9 Å². The first-order chi connectivity index (χ1) is 14.6. The molecule has 0 aliphatic rings. The third-order valence-corrected chi connectivity index (χ3v) is 4.90. The Balaban J connectivity index is 1.98. The summed E-state index contributed by atoms with van der Waals surface area (Å²) in [7, 11) is 1.59. The second kappa shape index (κ2) is 8.66. The number of carboxylic acid groups (broad SMARTS) is 1. The summed E-state index contributed by atoms with van der Waals surface area (Å²) in [6, 6.07) is 4.00. The van der Waals surface area contributed by atoms with Gasteiger partial charge in [-0.3, -0.25) is 9.78 Å². The Bertz CT molecular complexity index is 1200. The topological polar surface area (TPSA) is 93.5 Å². The van der Waals surface area contributed by atoms with Crippen molar-refractivity contribution in [2.24, 2.45) is 7.05 Å². The fourth-order valence-electron chi connectivity index (χ4n) is 3.35. The van der Waals surface area contributed by atoms with E-state index < -0.39 is 31.2 Å². The number of aryl methyl sites for hydroxylation is 1. The molecule has 1 aromatic carbocycles. The Morgan fingerprint density at radius 1 is 1.35 bits per heavy atom. The van der Waals surface area contributed by atoms with Crippen molar-refractivity contribution in [2.45, 2.75) is 25.1 Å². The van der Waals surface area contributed by atoms with E-state index in [-0.39, 0.29) is 17.9 Å². The number of fused-ring (bicyclic) bond motifs is 3. The lowest BCUT2D eigenvalue weighted by atomic mass is 10.0. The quantitative estimate of drug-likeness (QED) is 0.546. The molecule has 1 atom stereocenters. The van der Waals surface area contributed by atoms with Crippen molar-refractivity contribution in [3.05, 3.63) is 53.1 Å². The molecule has 2 heterocycles. The summed E-state index contributed by atoms with van der Waals surface area (Å²) in [6.07, 6.45) is -2.91. The minimum Gasteiger partial charge on any atom is -0.491 e. The summed E-state index contributed by atoms with van der Waals surface area (Å²) in [5, 5.41) is 12.8. The molecule has 2 N–H and O–H groups in total. The highest BCUT2D eigenvalue weighted by Crippen LogP contribution is 2.30. The van der Waals surface area contributed by atoms with Crippen LogP contribution < -0.4 is 15.6 Å². The molecule has 0 saturated heterocycles. The molecule has 3 aromatic rings. The number of hydrogen-bond acceptors (Lipinski definition) is 4. The normalized spacial score (nSPS) is 12.6. The third-order valence-electron chi connectivity index (χ3n) is 4.90. The van der Waals surface area contributed by atoms with E-state index >= 15 is 0 Å². The number of alkyl halides is 3. The van der Waals surface area contributed by atoms with Crippen molar-refractivity contribution < 1.29 is 27.8 Å². The number of nitrogens with zero attached hydrogens (tertiary/aromatic N) is 2. The fraction of sp³-hybridized carbons (Fsp3) is 0.286. The Morgan fingerprint density at radius 2 is 2.10 bits per heavy atom. The van der Waals surface area contributed by atoms with Crippen LogP contribution in [0.2, 0.25) is 0 Å². The van der Waals surface area contributed by atoms with Crippen molar-refractivity contribution in [1.29, 1.82) is 0 Å². The maximum atomic E-state index is 12.7. The Kier molecular flexibility index (Phi) is 6.19. The number of halogens is 3. The van der Waals surface area contributed by atoms with Crippen LogP contribution >= 0.6 is 0 Å². The summed E-state index contributed by atoms with van der Waals surface area (Å²) in [4.78, 5) is 27.6. The van der Waals surface area contributed by atoms with E-state index in [1.165, 1.54) is 16.8 Å². The number of ether oxygens (including phenoxy) is 1. The van der Waals surface area contributed by atoms with Gasteiger partial charge in [-0.15, -0.1) is 0 Å². The number of carbonyl (C=O) groups is 1. The van der Waals surface area contributed by atoms with Gasteiger partial charge < -0.3 is 19.7 Å². The van der Waals surface area contributed by atoms with Crippen LogP contribution in [-0.4, -0.2) is 39.6 Å². The maximum absolute atomic E-state index is 12.7. The zero-order chi connectivity index (χ0) is 22.8. The summed E-state index contributed by atoms with van der Waals surface area (Å²) < 4.78 is 44.8. The fourth-order valence-corrected chi connectivity index (χ4v) is 3.35. The number of hydrogen-bond donors (Lipinski definition) is 2. The van der Waals surface area contributed by atoms with Gasteiger partial charge in [0.2, 0.25) is 0 Å². The minimum absolute atomic E-state index is 0.261. The zero-order valence-electron chi connectivity index (χ0n) is 16.6. The average Bonchev–Trinajstić information content (AvgIpc) is 2.72. The lowest BCUT2D eigenvalue weighted by molar-refractivity contribution is -0.136. The predicted octanol–water partition coefficient (Wildman–Crippen LogP) is 4.09. The van der Waals surface area contributed by atoms with E-state index in [1.54, 1.807) is 31.4 Å². The molecule has 0 radical (unpaired) electrons. The van der Waals surface area contributed by atoms with Gasteiger partial charge in [0.1, 0.15) is 12.4 Å². The maximum Gasteiger partial charge on any atom is 0.404 e. The number of benzene rings is 1. The molecular formula is C21H20F3N3O4. The highest BCUT2D eigenvalue weighted by molar-refractivity contribution is 6.06. The van der Waals surface area contributed by atoms with Gasteiger partial charge in [-0.25, -0.2) is 4.79 Å². The monoisotopic (exact) mass is 435 g/mol. The van der Waals surface area contributed by atoms with Gasteiger partial charge in [-0.2, -0.15) is 13.2 Å². The third kappa shape index (κ3) is 4.96. The minimum atomic E-state index is -4.41. The van der Waals surface area contributed by atoms with Crippen LogP contribution in [-0.2, 0) is 7.05 Å². The number of nitrogens with one attached hydrogen (secondary N) is 1. The van der Waals surface area contributed by atoms with Crippen molar-refractivity contribution in [1.82, 2.24) is 14.9 Å². The summed E-state index contributed by atoms with van der Waals surface area (Å²) in [5.74, 6) is 0.273. The molecule has 7 nitrogen and oxygen atoms in total. The van der Waals surface area contributed by atoms with Crippen LogP contribution in [0.25, 0.3) is 27.8 Å². The average molecular weight is 435 g/mol. The number of aromatic nitrogens is 2. The summed E-state index contributed by atoms with van der Waals surface area (Å²) in [5.41, 5.74) is 0.833. The summed E-state index contributed by atoms with van der Waals surface area (Å²) in [6.45, 7) is 3.42. The van der Waals surface area contributed by atoms with E-state index in [0.29, 0.717) is 21.9 Å². The van der Waals surface area contributed by atoms with Crippen LogP contribution in [0, 0.1) is 0 Å². The van der Waals surface area contributed by atoms with E-state index in [1.807, 2.05) is 5.32 Å². The van der Waals surface area contributed by atoms with Crippen LogP contribution in [0.1, 0.15) is 18.4 Å². The van der Waals surface area contributed by atoms with E-state index in [0.717, 1.165) is 5.39 Å². The molecule has 0 fully saturated rings. The Hall–Kier alpha value is -3.56. The Morgan fingerprint density at radius 3 is 2.74 bits per heavy atom. The molecule has 10 heteroatoms. The molecule has 0 bridgehead atoms. The Labute approximate surface area is 174 Å². The first-order valence-corrected chi connectivity index (χ1v) is 9.32. The van der Waals surface area contributed by atoms with Crippen molar-refractivity contribution in [3.63, 3.8) is 0 Å². The largest absolute Gasteiger partial charge is 0.491 e. The highest BCUT2D eigenvalue weighted by Gasteiger charge is 2.29. The van der Waals surface area contributed by atoms with Crippen LogP contribution in [0.5, 0.6) is 5.75 Å². The van der Waals surface area contributed by atoms with E-state index in [9.17, 15) is 22.8 Å². The van der Waals surface area contributed by atoms with Gasteiger partial charge in [-0.1, -0.05) is 12.7 Å². The number of rotatable bonds is 7. The van der Waals surface area contributed by atoms with Crippen molar-refractivity contribution >= 4 is 33.8 Å². The zero-order valence-corrected chi connectivity index (χ0v) is 16.6. The molecule has 0 saturated carbocycles. The molecule has 31 heavy (non-hydrogen) atoms. The van der Waals surface area contributed by atoms with Gasteiger partial charge in [0, 0.05) is 42.9 Å². The lowest BCUT2D eigenvalue weighted by Gasteiger charge is -2.20. The van der Waals surface area contributed by atoms with Gasteiger partial charge in [0.25, 0.3) is 5.56 Å². The molecule has 0 spiro atoms. The van der Waals surface area contributed by atoms with Crippen LogP contribution in [0.4, 0.5) is 18.0 Å². The van der Waals surface area contributed by atoms with Gasteiger partial charge >= 0.3 is 12.3 Å². The second-order valence-electron chi connectivity index (χ2n) is 7.01. The molecule has 3 rings (SSSR count). The number of amides is 1. The van der Waals surface area contributed by atoms with Crippen molar-refractivity contribution in [3.8, 4) is 5.75 Å². The summed E-state index contributed by atoms with van der Waals surface area (Å²) >= 11 is 0. The van der Waals surface area contributed by atoms with E-state index in [2.05, 4.69) is 11.6 Å². The first-order valence-electron chi connectivity index (χ1n) is 9.32. The van der Waals surface area contributed by atoms with Gasteiger partial charge in [0.05, 0.1) is 16.9 Å². The molecule has 164 valence electrons. The second-order valence-corrected chi connectivity index (χ2v) is 7.01.